The molecule has 1 aliphatic heterocycles. The number of rotatable bonds is 22. The Morgan fingerprint density at radius 2 is 1.31 bits per heavy atom. The van der Waals surface area contributed by atoms with Crippen LogP contribution in [0.2, 0.25) is 79.2 Å². The molecule has 49 heavy (non-hydrogen) atoms. The van der Waals surface area contributed by atoms with E-state index in [-0.39, 0.29) is 24.9 Å². The number of hydrogen-bond donors (Lipinski definition) is 2. The molecule has 0 spiro atoms. The van der Waals surface area contributed by atoms with Gasteiger partial charge in [-0.25, -0.2) is 0 Å². The fourth-order valence-electron chi connectivity index (χ4n) is 10.2. The molecule has 0 unspecified atom stereocenters. The monoisotopic (exact) mass is 761 g/mol. The summed E-state index contributed by atoms with van der Waals surface area (Å²) in [6, 6.07) is 3.20. The second kappa shape index (κ2) is 18.6. The fourth-order valence-corrected chi connectivity index (χ4v) is 31.8. The lowest BCUT2D eigenvalue weighted by molar-refractivity contribution is -0.355. The zero-order chi connectivity index (χ0) is 38.4. The van der Waals surface area contributed by atoms with Gasteiger partial charge in [0.2, 0.25) is 8.32 Å². The van der Waals surface area contributed by atoms with Crippen molar-refractivity contribution >= 4 is 32.8 Å². The van der Waals surface area contributed by atoms with Gasteiger partial charge in [0.15, 0.2) is 14.1 Å². The zero-order valence-electron chi connectivity index (χ0n) is 35.7. The Bertz CT molecular complexity index is 956. The average molecular weight is 761 g/mol. The molecule has 0 aromatic carbocycles. The van der Waals surface area contributed by atoms with Gasteiger partial charge in [0.25, 0.3) is 0 Å². The van der Waals surface area contributed by atoms with Crippen LogP contribution < -0.4 is 0 Å². The van der Waals surface area contributed by atoms with Crippen molar-refractivity contribution < 1.29 is 28.5 Å². The summed E-state index contributed by atoms with van der Waals surface area (Å²) in [5.74, 6) is -1.06. The molecule has 1 fully saturated rings. The van der Waals surface area contributed by atoms with E-state index in [4.69, 9.17) is 24.9 Å². The van der Waals surface area contributed by atoms with Crippen LogP contribution in [0, 0.1) is 5.41 Å². The second-order valence-electron chi connectivity index (χ2n) is 19.2. The van der Waals surface area contributed by atoms with E-state index in [0.29, 0.717) is 47.5 Å². The van der Waals surface area contributed by atoms with Crippen molar-refractivity contribution in [1.29, 1.82) is 0 Å². The Balaban J connectivity index is 3.69. The van der Waals surface area contributed by atoms with Gasteiger partial charge in [0.1, 0.15) is 0 Å². The molecule has 1 aliphatic rings. The van der Waals surface area contributed by atoms with Crippen LogP contribution in [-0.2, 0) is 18.3 Å². The van der Waals surface area contributed by atoms with E-state index in [9.17, 15) is 10.2 Å². The molecule has 292 valence electrons. The maximum Gasteiger partial charge on any atom is 0.200 e. The topological polar surface area (TPSA) is 77.4 Å². The van der Waals surface area contributed by atoms with Crippen molar-refractivity contribution in [3.05, 3.63) is 12.2 Å². The lowest BCUT2D eigenvalue weighted by atomic mass is 9.70. The Hall–Kier alpha value is 0.368. The standard InChI is InChI=1S/C39H84O6Si4/c1-20-48(21-2,22-3)44-35(25-32(10)37(46(14,15)16)47(17,18)19)28-39(42-13)38(11,12)36(41)27-34(43-39)26-33(23-24-40)45-49(29(4)5,30(6)7)31(8)9/h29-31,33-37,40-41H,10,20-28H2,1-9,11-19H3/t33-,34+,35-,36-,39-/m0/s1. The molecule has 0 bridgehead atoms. The third-order valence-electron chi connectivity index (χ3n) is 12.5. The summed E-state index contributed by atoms with van der Waals surface area (Å²) in [4.78, 5) is 0. The first-order valence-corrected chi connectivity index (χ1v) is 31.7. The summed E-state index contributed by atoms with van der Waals surface area (Å²) in [6.45, 7) is 44.7. The maximum absolute atomic E-state index is 11.9. The van der Waals surface area contributed by atoms with Gasteiger partial charge in [-0.05, 0) is 59.2 Å². The smallest absolute Gasteiger partial charge is 0.200 e. The first-order valence-electron chi connectivity index (χ1n) is 19.8. The maximum atomic E-state index is 11.9. The van der Waals surface area contributed by atoms with Crippen molar-refractivity contribution in [1.82, 2.24) is 0 Å². The minimum atomic E-state index is -2.21. The van der Waals surface area contributed by atoms with Crippen LogP contribution in [0.5, 0.6) is 0 Å². The van der Waals surface area contributed by atoms with Crippen LogP contribution in [-0.4, -0.2) is 86.9 Å². The summed E-state index contributed by atoms with van der Waals surface area (Å²) in [6.07, 6.45) is 1.83. The van der Waals surface area contributed by atoms with Crippen LogP contribution in [0.4, 0.5) is 0 Å². The van der Waals surface area contributed by atoms with E-state index in [2.05, 4.69) is 115 Å². The Labute approximate surface area is 309 Å². The highest BCUT2D eigenvalue weighted by Gasteiger charge is 2.58. The summed E-state index contributed by atoms with van der Waals surface area (Å²) < 4.78 is 28.4. The molecule has 10 heteroatoms. The second-order valence-corrected chi connectivity index (χ2v) is 40.5. The lowest BCUT2D eigenvalue weighted by Crippen LogP contribution is -2.63. The normalized spacial score (nSPS) is 23.9. The van der Waals surface area contributed by atoms with E-state index in [1.807, 2.05) is 0 Å². The van der Waals surface area contributed by atoms with Gasteiger partial charge in [0, 0.05) is 54.2 Å². The fraction of sp³-hybridized carbons (Fsp3) is 0.949. The van der Waals surface area contributed by atoms with Crippen molar-refractivity contribution in [2.75, 3.05) is 13.7 Å². The van der Waals surface area contributed by atoms with Gasteiger partial charge in [-0.2, -0.15) is 0 Å². The molecule has 1 heterocycles. The summed E-state index contributed by atoms with van der Waals surface area (Å²) in [5.41, 5.74) is 1.97. The molecule has 0 radical (unpaired) electrons. The Kier molecular flexibility index (Phi) is 18.0. The number of aliphatic hydroxyl groups is 2. The van der Waals surface area contributed by atoms with E-state index >= 15 is 0 Å². The van der Waals surface area contributed by atoms with Crippen LogP contribution >= 0.6 is 0 Å². The van der Waals surface area contributed by atoms with Gasteiger partial charge >= 0.3 is 0 Å². The van der Waals surface area contributed by atoms with Crippen LogP contribution in [0.15, 0.2) is 12.2 Å². The van der Waals surface area contributed by atoms with Crippen LogP contribution in [0.1, 0.15) is 108 Å². The van der Waals surface area contributed by atoms with Crippen molar-refractivity contribution in [3.8, 4) is 0 Å². The molecule has 0 aliphatic carbocycles. The Morgan fingerprint density at radius 1 is 0.837 bits per heavy atom. The van der Waals surface area contributed by atoms with Gasteiger partial charge in [0.05, 0.1) is 18.3 Å². The van der Waals surface area contributed by atoms with Crippen molar-refractivity contribution in [2.45, 2.75) is 218 Å². The molecule has 0 saturated carbocycles. The van der Waals surface area contributed by atoms with E-state index < -0.39 is 50.1 Å². The highest BCUT2D eigenvalue weighted by Crippen LogP contribution is 2.51. The molecular weight excluding hydrogens is 677 g/mol. The molecule has 0 aromatic heterocycles. The lowest BCUT2D eigenvalue weighted by Gasteiger charge is -2.55. The van der Waals surface area contributed by atoms with Gasteiger partial charge in [-0.1, -0.05) is 121 Å². The molecule has 0 amide bonds. The van der Waals surface area contributed by atoms with Crippen LogP contribution in [0.3, 0.4) is 0 Å². The predicted octanol–water partition coefficient (Wildman–Crippen LogP) is 11.2. The predicted molar refractivity (Wildman–Crippen MR) is 222 cm³/mol. The summed E-state index contributed by atoms with van der Waals surface area (Å²) >= 11 is 0. The third-order valence-corrected chi connectivity index (χ3v) is 32.9. The minimum absolute atomic E-state index is 0.0603. The zero-order valence-corrected chi connectivity index (χ0v) is 39.7. The number of hydrogen-bond acceptors (Lipinski definition) is 6. The minimum Gasteiger partial charge on any atom is -0.413 e. The molecule has 1 rings (SSSR count). The van der Waals surface area contributed by atoms with Gasteiger partial charge in [-0.3, -0.25) is 0 Å². The molecular formula is C39H84O6Si4. The van der Waals surface area contributed by atoms with E-state index in [1.54, 1.807) is 7.11 Å². The van der Waals surface area contributed by atoms with Crippen molar-refractivity contribution in [3.63, 3.8) is 0 Å². The van der Waals surface area contributed by atoms with E-state index in [1.165, 1.54) is 5.57 Å². The van der Waals surface area contributed by atoms with Crippen LogP contribution in [0.25, 0.3) is 0 Å². The number of aliphatic hydroxyl groups excluding tert-OH is 2. The largest absolute Gasteiger partial charge is 0.413 e. The number of ether oxygens (including phenoxy) is 2. The Morgan fingerprint density at radius 3 is 1.67 bits per heavy atom. The molecule has 5 atom stereocenters. The molecule has 2 N–H and O–H groups in total. The average Bonchev–Trinajstić information content (AvgIpc) is 2.95. The quantitative estimate of drug-likeness (QED) is 0.0845. The van der Waals surface area contributed by atoms with Gasteiger partial charge < -0.3 is 28.5 Å². The highest BCUT2D eigenvalue weighted by molar-refractivity contribution is 6.97. The summed E-state index contributed by atoms with van der Waals surface area (Å²) in [5, 5.41) is 22.7. The number of methoxy groups -OCH3 is 1. The SMILES string of the molecule is C=C(C[C@@H](C[C@]1(OC)O[C@H](C[C@H](CCO)O[Si](C(C)C)(C(C)C)C(C)C)C[C@H](O)C1(C)C)O[Si](CC)(CC)CC)C([Si](C)(C)C)[Si](C)(C)C. The molecule has 1 saturated heterocycles. The third kappa shape index (κ3) is 11.2. The first kappa shape index (κ1) is 47.4. The molecule has 0 aromatic rings. The summed E-state index contributed by atoms with van der Waals surface area (Å²) in [7, 11) is -5.58. The van der Waals surface area contributed by atoms with Crippen molar-refractivity contribution in [2.24, 2.45) is 5.41 Å². The van der Waals surface area contributed by atoms with E-state index in [0.717, 1.165) is 24.6 Å². The first-order chi connectivity index (χ1) is 22.3. The molecule has 6 nitrogen and oxygen atoms in total. The van der Waals surface area contributed by atoms with Gasteiger partial charge in [-0.15, -0.1) is 6.58 Å². The highest BCUT2D eigenvalue weighted by atomic mass is 28.4.